The van der Waals surface area contributed by atoms with Gasteiger partial charge < -0.3 is 0 Å². The summed E-state index contributed by atoms with van der Waals surface area (Å²) in [5, 5.41) is 4.22. The van der Waals surface area contributed by atoms with Crippen molar-refractivity contribution in [3.8, 4) is 5.69 Å². The van der Waals surface area contributed by atoms with Gasteiger partial charge in [-0.25, -0.2) is 4.68 Å². The number of nitrogens with zero attached hydrogens (tertiary/aromatic N) is 2. The van der Waals surface area contributed by atoms with Gasteiger partial charge in [-0.1, -0.05) is 18.2 Å². The summed E-state index contributed by atoms with van der Waals surface area (Å²) in [6.07, 6.45) is 3.77. The lowest BCUT2D eigenvalue weighted by molar-refractivity contribution is 0.865. The molecule has 2 rings (SSSR count). The van der Waals surface area contributed by atoms with Crippen molar-refractivity contribution in [2.45, 2.75) is 13.8 Å². The molecule has 0 N–H and O–H groups in total. The fourth-order valence-corrected chi connectivity index (χ4v) is 1.57. The molecule has 0 saturated carbocycles. The first-order valence-corrected chi connectivity index (χ1v) is 4.35. The van der Waals surface area contributed by atoms with Gasteiger partial charge in [0.25, 0.3) is 0 Å². The third-order valence-electron chi connectivity index (χ3n) is 2.17. The maximum absolute atomic E-state index is 4.22. The van der Waals surface area contributed by atoms with Crippen molar-refractivity contribution in [1.82, 2.24) is 9.78 Å². The van der Waals surface area contributed by atoms with Crippen molar-refractivity contribution in [3.05, 3.63) is 47.8 Å². The Hall–Kier alpha value is -1.57. The average Bonchev–Trinajstić information content (AvgIpc) is 2.57. The summed E-state index contributed by atoms with van der Waals surface area (Å²) in [5.74, 6) is 0. The lowest BCUT2D eigenvalue weighted by atomic mass is 10.1. The van der Waals surface area contributed by atoms with Crippen LogP contribution < -0.4 is 0 Å². The van der Waals surface area contributed by atoms with Crippen LogP contribution in [0.5, 0.6) is 0 Å². The lowest BCUT2D eigenvalue weighted by Crippen LogP contribution is -1.99. The van der Waals surface area contributed by atoms with Crippen molar-refractivity contribution >= 4 is 0 Å². The largest absolute Gasteiger partial charge is 0.240 e. The zero-order valence-corrected chi connectivity index (χ0v) is 7.86. The minimum absolute atomic E-state index is 1.19. The maximum atomic E-state index is 4.22. The zero-order valence-electron chi connectivity index (χ0n) is 7.86. The van der Waals surface area contributed by atoms with Crippen molar-refractivity contribution in [2.75, 3.05) is 0 Å². The normalized spacial score (nSPS) is 10.3. The standard InChI is InChI=1S/C11H12N2/c1-9-5-3-6-10(2)11(9)13-8-4-7-12-13/h3-8H,1-2H3. The number of para-hydroxylation sites is 1. The Balaban J connectivity index is 2.64. The Morgan fingerprint density at radius 1 is 1.08 bits per heavy atom. The van der Waals surface area contributed by atoms with Crippen LogP contribution in [0.25, 0.3) is 5.69 Å². The van der Waals surface area contributed by atoms with E-state index >= 15 is 0 Å². The minimum Gasteiger partial charge on any atom is -0.240 e. The first kappa shape index (κ1) is 8.05. The molecule has 0 atom stereocenters. The van der Waals surface area contributed by atoms with Gasteiger partial charge in [-0.05, 0) is 31.0 Å². The average molecular weight is 172 g/mol. The number of hydrogen-bond donors (Lipinski definition) is 0. The maximum Gasteiger partial charge on any atom is 0.0703 e. The van der Waals surface area contributed by atoms with E-state index in [1.54, 1.807) is 6.20 Å². The molecule has 0 aliphatic rings. The molecule has 66 valence electrons. The predicted molar refractivity (Wildman–Crippen MR) is 53.0 cm³/mol. The first-order valence-electron chi connectivity index (χ1n) is 4.35. The van der Waals surface area contributed by atoms with Crippen LogP contribution in [-0.4, -0.2) is 9.78 Å². The van der Waals surface area contributed by atoms with Gasteiger partial charge in [-0.15, -0.1) is 0 Å². The Morgan fingerprint density at radius 2 is 1.77 bits per heavy atom. The van der Waals surface area contributed by atoms with Crippen LogP contribution >= 0.6 is 0 Å². The number of hydrogen-bond acceptors (Lipinski definition) is 1. The predicted octanol–water partition coefficient (Wildman–Crippen LogP) is 2.49. The molecule has 0 aliphatic carbocycles. The summed E-state index contributed by atoms with van der Waals surface area (Å²) in [4.78, 5) is 0. The monoisotopic (exact) mass is 172 g/mol. The van der Waals surface area contributed by atoms with Crippen molar-refractivity contribution < 1.29 is 0 Å². The summed E-state index contributed by atoms with van der Waals surface area (Å²) in [6, 6.07) is 8.21. The third kappa shape index (κ3) is 1.35. The molecule has 0 spiro atoms. The van der Waals surface area contributed by atoms with Crippen LogP contribution in [0.15, 0.2) is 36.7 Å². The molecular weight excluding hydrogens is 160 g/mol. The SMILES string of the molecule is Cc1cccc(C)c1-n1cccn1. The van der Waals surface area contributed by atoms with Crippen LogP contribution in [0.4, 0.5) is 0 Å². The highest BCUT2D eigenvalue weighted by atomic mass is 15.3. The molecule has 13 heavy (non-hydrogen) atoms. The molecule has 0 aliphatic heterocycles. The molecule has 2 aromatic rings. The quantitative estimate of drug-likeness (QED) is 0.646. The molecule has 1 heterocycles. The smallest absolute Gasteiger partial charge is 0.0703 e. The highest BCUT2D eigenvalue weighted by Gasteiger charge is 2.02. The molecule has 0 amide bonds. The van der Waals surface area contributed by atoms with Gasteiger partial charge in [-0.3, -0.25) is 0 Å². The number of rotatable bonds is 1. The van der Waals surface area contributed by atoms with Gasteiger partial charge >= 0.3 is 0 Å². The summed E-state index contributed by atoms with van der Waals surface area (Å²) >= 11 is 0. The highest BCUT2D eigenvalue weighted by molar-refractivity contribution is 5.46. The van der Waals surface area contributed by atoms with Gasteiger partial charge in [0.05, 0.1) is 5.69 Å². The topological polar surface area (TPSA) is 17.8 Å². The summed E-state index contributed by atoms with van der Waals surface area (Å²) in [6.45, 7) is 4.20. The van der Waals surface area contributed by atoms with E-state index in [4.69, 9.17) is 0 Å². The van der Waals surface area contributed by atoms with Gasteiger partial charge in [0.2, 0.25) is 0 Å². The molecule has 0 radical (unpaired) electrons. The summed E-state index contributed by atoms with van der Waals surface area (Å²) in [7, 11) is 0. The Kier molecular flexibility index (Phi) is 1.89. The van der Waals surface area contributed by atoms with Crippen molar-refractivity contribution in [2.24, 2.45) is 0 Å². The van der Waals surface area contributed by atoms with E-state index in [9.17, 15) is 0 Å². The van der Waals surface area contributed by atoms with Crippen molar-refractivity contribution in [1.29, 1.82) is 0 Å². The van der Waals surface area contributed by atoms with Crippen LogP contribution in [0.3, 0.4) is 0 Å². The molecule has 1 aromatic heterocycles. The second-order valence-electron chi connectivity index (χ2n) is 3.19. The van der Waals surface area contributed by atoms with E-state index in [0.29, 0.717) is 0 Å². The Morgan fingerprint density at radius 3 is 2.31 bits per heavy atom. The molecule has 0 unspecified atom stereocenters. The van der Waals surface area contributed by atoms with Gasteiger partial charge in [0.15, 0.2) is 0 Å². The van der Waals surface area contributed by atoms with Gasteiger partial charge in [0.1, 0.15) is 0 Å². The number of aromatic nitrogens is 2. The Labute approximate surface area is 77.8 Å². The third-order valence-corrected chi connectivity index (χ3v) is 2.17. The fraction of sp³-hybridized carbons (Fsp3) is 0.182. The molecular formula is C11H12N2. The zero-order chi connectivity index (χ0) is 9.26. The Bertz CT molecular complexity index is 382. The molecule has 0 bridgehead atoms. The lowest BCUT2D eigenvalue weighted by Gasteiger charge is -2.08. The van der Waals surface area contributed by atoms with E-state index in [-0.39, 0.29) is 0 Å². The van der Waals surface area contributed by atoms with Crippen LogP contribution in [-0.2, 0) is 0 Å². The van der Waals surface area contributed by atoms with Gasteiger partial charge in [-0.2, -0.15) is 5.10 Å². The number of aryl methyl sites for hydroxylation is 2. The van der Waals surface area contributed by atoms with E-state index in [2.05, 4.69) is 37.1 Å². The van der Waals surface area contributed by atoms with E-state index in [1.807, 2.05) is 16.9 Å². The van der Waals surface area contributed by atoms with Crippen LogP contribution in [0, 0.1) is 13.8 Å². The molecule has 1 aromatic carbocycles. The van der Waals surface area contributed by atoms with E-state index in [0.717, 1.165) is 0 Å². The fourth-order valence-electron chi connectivity index (χ4n) is 1.57. The summed E-state index contributed by atoms with van der Waals surface area (Å²) in [5.41, 5.74) is 3.69. The second kappa shape index (κ2) is 3.05. The highest BCUT2D eigenvalue weighted by Crippen LogP contribution is 2.16. The van der Waals surface area contributed by atoms with Crippen molar-refractivity contribution in [3.63, 3.8) is 0 Å². The van der Waals surface area contributed by atoms with E-state index < -0.39 is 0 Å². The molecule has 0 saturated heterocycles. The summed E-state index contributed by atoms with van der Waals surface area (Å²) < 4.78 is 1.91. The molecule has 2 nitrogen and oxygen atoms in total. The van der Waals surface area contributed by atoms with Crippen LogP contribution in [0.1, 0.15) is 11.1 Å². The van der Waals surface area contributed by atoms with Crippen LogP contribution in [0.2, 0.25) is 0 Å². The van der Waals surface area contributed by atoms with Gasteiger partial charge in [0, 0.05) is 12.4 Å². The molecule has 2 heteroatoms. The van der Waals surface area contributed by atoms with E-state index in [1.165, 1.54) is 16.8 Å². The molecule has 0 fully saturated rings. The number of benzene rings is 1. The minimum atomic E-state index is 1.19. The second-order valence-corrected chi connectivity index (χ2v) is 3.19. The first-order chi connectivity index (χ1) is 6.29.